The first-order chi connectivity index (χ1) is 7.74. The molecule has 0 atom stereocenters. The number of hydrogen-bond donors (Lipinski definition) is 1. The molecule has 0 spiro atoms. The minimum absolute atomic E-state index is 0.0142. The van der Waals surface area contributed by atoms with Crippen molar-refractivity contribution in [3.05, 3.63) is 40.0 Å². The molecular weight excluding hydrogens is 208 g/mol. The van der Waals surface area contributed by atoms with E-state index in [2.05, 4.69) is 26.9 Å². The molecule has 0 radical (unpaired) electrons. The van der Waals surface area contributed by atoms with Crippen molar-refractivity contribution in [2.24, 2.45) is 5.11 Å². The Kier molecular flexibility index (Phi) is 4.38. The van der Waals surface area contributed by atoms with Gasteiger partial charge in [0, 0.05) is 29.6 Å². The Labute approximate surface area is 91.6 Å². The van der Waals surface area contributed by atoms with E-state index in [0.29, 0.717) is 18.5 Å². The molecular formula is C10H8N4O2. The highest BCUT2D eigenvalue weighted by molar-refractivity contribution is 5.85. The van der Waals surface area contributed by atoms with Crippen LogP contribution in [0.3, 0.4) is 0 Å². The smallest absolute Gasteiger partial charge is 0.354 e. The van der Waals surface area contributed by atoms with Crippen LogP contribution in [0.5, 0.6) is 0 Å². The zero-order chi connectivity index (χ0) is 11.8. The maximum atomic E-state index is 10.5. The standard InChI is InChI=1S/C10H8N4O2/c11-14-13-6-2-1-3-8-4-5-9(10(15)16)12-7-8/h4-5,7H,2,6H2,(H,15,16). The monoisotopic (exact) mass is 216 g/mol. The molecule has 6 heteroatoms. The van der Waals surface area contributed by atoms with Gasteiger partial charge in [-0.2, -0.15) is 0 Å². The second-order valence-corrected chi connectivity index (χ2v) is 2.74. The third-order valence-corrected chi connectivity index (χ3v) is 1.62. The molecule has 1 aromatic heterocycles. The summed E-state index contributed by atoms with van der Waals surface area (Å²) in [4.78, 5) is 16.8. The van der Waals surface area contributed by atoms with Crippen molar-refractivity contribution in [2.75, 3.05) is 6.54 Å². The van der Waals surface area contributed by atoms with Gasteiger partial charge in [-0.05, 0) is 17.7 Å². The Bertz CT molecular complexity index is 478. The van der Waals surface area contributed by atoms with Gasteiger partial charge in [0.1, 0.15) is 5.69 Å². The van der Waals surface area contributed by atoms with E-state index in [0.717, 1.165) is 0 Å². The van der Waals surface area contributed by atoms with Crippen molar-refractivity contribution in [2.45, 2.75) is 6.42 Å². The zero-order valence-electron chi connectivity index (χ0n) is 8.29. The van der Waals surface area contributed by atoms with Gasteiger partial charge in [-0.1, -0.05) is 17.0 Å². The lowest BCUT2D eigenvalue weighted by Gasteiger charge is -1.92. The normalized spacial score (nSPS) is 8.50. The first kappa shape index (κ1) is 11.6. The van der Waals surface area contributed by atoms with Crippen molar-refractivity contribution < 1.29 is 9.90 Å². The second kappa shape index (κ2) is 6.06. The molecule has 0 aliphatic heterocycles. The molecule has 0 bridgehead atoms. The van der Waals surface area contributed by atoms with Gasteiger partial charge in [0.15, 0.2) is 0 Å². The van der Waals surface area contributed by atoms with Crippen molar-refractivity contribution in [1.29, 1.82) is 0 Å². The van der Waals surface area contributed by atoms with Crippen LogP contribution >= 0.6 is 0 Å². The van der Waals surface area contributed by atoms with E-state index in [-0.39, 0.29) is 5.69 Å². The number of nitrogens with zero attached hydrogens (tertiary/aromatic N) is 4. The molecule has 0 aliphatic carbocycles. The highest BCUT2D eigenvalue weighted by atomic mass is 16.4. The van der Waals surface area contributed by atoms with Crippen LogP contribution in [0.4, 0.5) is 0 Å². The fourth-order valence-electron chi connectivity index (χ4n) is 0.910. The summed E-state index contributed by atoms with van der Waals surface area (Å²) >= 11 is 0. The Morgan fingerprint density at radius 2 is 2.44 bits per heavy atom. The number of azide groups is 1. The quantitative estimate of drug-likeness (QED) is 0.274. The highest BCUT2D eigenvalue weighted by Crippen LogP contribution is 1.98. The molecule has 1 rings (SSSR count). The number of aromatic nitrogens is 1. The molecule has 0 saturated carbocycles. The number of hydrogen-bond acceptors (Lipinski definition) is 3. The molecule has 0 saturated heterocycles. The van der Waals surface area contributed by atoms with Gasteiger partial charge in [-0.15, -0.1) is 0 Å². The molecule has 80 valence electrons. The topological polar surface area (TPSA) is 99.0 Å². The van der Waals surface area contributed by atoms with Gasteiger partial charge >= 0.3 is 5.97 Å². The third-order valence-electron chi connectivity index (χ3n) is 1.62. The van der Waals surface area contributed by atoms with E-state index in [1.54, 1.807) is 6.07 Å². The molecule has 0 unspecified atom stereocenters. The minimum atomic E-state index is -1.07. The number of pyridine rings is 1. The molecule has 0 amide bonds. The number of carboxylic acids is 1. The van der Waals surface area contributed by atoms with Crippen LogP contribution in [0.2, 0.25) is 0 Å². The SMILES string of the molecule is [N-]=[N+]=NCCC#Cc1ccc(C(=O)O)nc1. The van der Waals surface area contributed by atoms with Gasteiger partial charge in [-0.25, -0.2) is 9.78 Å². The van der Waals surface area contributed by atoms with Gasteiger partial charge in [0.25, 0.3) is 0 Å². The van der Waals surface area contributed by atoms with Crippen LogP contribution in [-0.4, -0.2) is 22.6 Å². The summed E-state index contributed by atoms with van der Waals surface area (Å²) < 4.78 is 0. The number of aromatic carboxylic acids is 1. The maximum absolute atomic E-state index is 10.5. The molecule has 0 aromatic carbocycles. The predicted octanol–water partition coefficient (Wildman–Crippen LogP) is 1.83. The average Bonchev–Trinajstić information content (AvgIpc) is 2.29. The molecule has 1 N–H and O–H groups in total. The van der Waals surface area contributed by atoms with E-state index < -0.39 is 5.97 Å². The van der Waals surface area contributed by atoms with Crippen LogP contribution in [0, 0.1) is 11.8 Å². The van der Waals surface area contributed by atoms with Gasteiger partial charge < -0.3 is 5.11 Å². The second-order valence-electron chi connectivity index (χ2n) is 2.74. The lowest BCUT2D eigenvalue weighted by molar-refractivity contribution is 0.0690. The van der Waals surface area contributed by atoms with Crippen molar-refractivity contribution >= 4 is 5.97 Å². The van der Waals surface area contributed by atoms with E-state index >= 15 is 0 Å². The summed E-state index contributed by atoms with van der Waals surface area (Å²) in [5, 5.41) is 11.9. The highest BCUT2D eigenvalue weighted by Gasteiger charge is 2.01. The Hall–Kier alpha value is -2.51. The summed E-state index contributed by atoms with van der Waals surface area (Å²) in [7, 11) is 0. The van der Waals surface area contributed by atoms with Crippen molar-refractivity contribution in [1.82, 2.24) is 4.98 Å². The lowest BCUT2D eigenvalue weighted by Crippen LogP contribution is -1.99. The van der Waals surface area contributed by atoms with Gasteiger partial charge in [0.05, 0.1) is 0 Å². The first-order valence-corrected chi connectivity index (χ1v) is 4.43. The summed E-state index contributed by atoms with van der Waals surface area (Å²) in [6, 6.07) is 2.97. The minimum Gasteiger partial charge on any atom is -0.477 e. The predicted molar refractivity (Wildman–Crippen MR) is 56.7 cm³/mol. The fraction of sp³-hybridized carbons (Fsp3) is 0.200. The molecule has 0 fully saturated rings. The summed E-state index contributed by atoms with van der Waals surface area (Å²) in [5.74, 6) is 4.50. The summed E-state index contributed by atoms with van der Waals surface area (Å²) in [5.41, 5.74) is 8.63. The largest absolute Gasteiger partial charge is 0.477 e. The lowest BCUT2D eigenvalue weighted by atomic mass is 10.2. The van der Waals surface area contributed by atoms with Crippen LogP contribution in [0.15, 0.2) is 23.4 Å². The molecule has 16 heavy (non-hydrogen) atoms. The third kappa shape index (κ3) is 3.70. The van der Waals surface area contributed by atoms with Crippen molar-refractivity contribution in [3.63, 3.8) is 0 Å². The molecule has 0 aliphatic rings. The van der Waals surface area contributed by atoms with E-state index in [9.17, 15) is 4.79 Å². The Balaban J connectivity index is 2.61. The first-order valence-electron chi connectivity index (χ1n) is 4.43. The maximum Gasteiger partial charge on any atom is 0.354 e. The van der Waals surface area contributed by atoms with Crippen LogP contribution < -0.4 is 0 Å². The summed E-state index contributed by atoms with van der Waals surface area (Å²) in [6.07, 6.45) is 1.86. The number of rotatable bonds is 3. The van der Waals surface area contributed by atoms with Crippen LogP contribution in [-0.2, 0) is 0 Å². The van der Waals surface area contributed by atoms with E-state index in [1.807, 2.05) is 0 Å². The van der Waals surface area contributed by atoms with E-state index in [4.69, 9.17) is 10.6 Å². The number of carbonyl (C=O) groups is 1. The molecule has 1 heterocycles. The van der Waals surface area contributed by atoms with Gasteiger partial charge in [0.2, 0.25) is 0 Å². The van der Waals surface area contributed by atoms with Gasteiger partial charge in [-0.3, -0.25) is 0 Å². The Morgan fingerprint density at radius 3 is 3.00 bits per heavy atom. The summed E-state index contributed by atoms with van der Waals surface area (Å²) in [6.45, 7) is 0.324. The fourth-order valence-corrected chi connectivity index (χ4v) is 0.910. The van der Waals surface area contributed by atoms with Crippen LogP contribution in [0.1, 0.15) is 22.5 Å². The molecule has 1 aromatic rings. The molecule has 6 nitrogen and oxygen atoms in total. The van der Waals surface area contributed by atoms with Crippen molar-refractivity contribution in [3.8, 4) is 11.8 Å². The zero-order valence-corrected chi connectivity index (χ0v) is 8.29. The number of carboxylic acid groups (broad SMARTS) is 1. The Morgan fingerprint density at radius 1 is 1.62 bits per heavy atom. The van der Waals surface area contributed by atoms with E-state index in [1.165, 1.54) is 12.3 Å². The average molecular weight is 216 g/mol. The van der Waals surface area contributed by atoms with Crippen LogP contribution in [0.25, 0.3) is 10.4 Å².